The largest absolute Gasteiger partial charge is 0.308 e. The van der Waals surface area contributed by atoms with Crippen molar-refractivity contribution in [3.8, 4) is 34.0 Å². The van der Waals surface area contributed by atoms with Gasteiger partial charge in [0.2, 0.25) is 0 Å². The number of aromatic nitrogens is 4. The van der Waals surface area contributed by atoms with Gasteiger partial charge in [0.1, 0.15) is 0 Å². The Morgan fingerprint density at radius 1 is 0.523 bits per heavy atom. The van der Waals surface area contributed by atoms with Gasteiger partial charge >= 0.3 is 0 Å². The Kier molecular flexibility index (Phi) is 5.95. The number of benzene rings is 5. The molecule has 4 nitrogen and oxygen atoms in total. The molecule has 0 N–H and O–H groups in total. The molecule has 44 heavy (non-hydrogen) atoms. The van der Waals surface area contributed by atoms with Gasteiger partial charge in [-0.15, -0.1) is 0 Å². The summed E-state index contributed by atoms with van der Waals surface area (Å²) in [5.74, 6) is 1.47. The van der Waals surface area contributed by atoms with E-state index in [4.69, 9.17) is 15.0 Å². The number of hydrogen-bond acceptors (Lipinski definition) is 3. The predicted molar refractivity (Wildman–Crippen MR) is 183 cm³/mol. The van der Waals surface area contributed by atoms with Crippen LogP contribution in [0.4, 0.5) is 0 Å². The molecular weight excluding hydrogens is 555 g/mol. The molecule has 8 aromatic rings. The van der Waals surface area contributed by atoms with Gasteiger partial charge in [0.25, 0.3) is 0 Å². The fourth-order valence-electron chi connectivity index (χ4n) is 7.03. The van der Waals surface area contributed by atoms with E-state index in [1.165, 1.54) is 56.4 Å². The molecule has 1 aliphatic rings. The van der Waals surface area contributed by atoms with Crippen LogP contribution in [0.25, 0.3) is 66.3 Å². The third-order valence-electron chi connectivity index (χ3n) is 8.97. The van der Waals surface area contributed by atoms with Crippen LogP contribution in [0.5, 0.6) is 0 Å². The van der Waals surface area contributed by atoms with Crippen LogP contribution >= 0.6 is 7.53 Å². The van der Waals surface area contributed by atoms with Crippen LogP contribution in [-0.2, 0) is 12.8 Å². The van der Waals surface area contributed by atoms with Crippen molar-refractivity contribution < 1.29 is 0 Å². The maximum atomic E-state index is 5.33. The molecule has 0 aliphatic heterocycles. The zero-order valence-corrected chi connectivity index (χ0v) is 25.1. The second-order valence-electron chi connectivity index (χ2n) is 11.5. The van der Waals surface area contributed by atoms with Gasteiger partial charge in [-0.25, -0.2) is 15.0 Å². The highest BCUT2D eigenvalue weighted by atomic mass is 31.1. The summed E-state index contributed by atoms with van der Waals surface area (Å²) in [6.07, 6.45) is 4.64. The van der Waals surface area contributed by atoms with Gasteiger partial charge in [-0.1, -0.05) is 109 Å². The lowest BCUT2D eigenvalue weighted by molar-refractivity contribution is 0.700. The minimum atomic E-state index is -0.973. The van der Waals surface area contributed by atoms with Gasteiger partial charge in [-0.05, 0) is 67.7 Å². The van der Waals surface area contributed by atoms with E-state index in [1.807, 2.05) is 12.1 Å². The van der Waals surface area contributed by atoms with E-state index in [9.17, 15) is 0 Å². The van der Waals surface area contributed by atoms with E-state index in [0.29, 0.717) is 0 Å². The summed E-state index contributed by atoms with van der Waals surface area (Å²) in [6, 6.07) is 45.1. The molecule has 0 amide bonds. The van der Waals surface area contributed by atoms with E-state index < -0.39 is 7.53 Å². The summed E-state index contributed by atoms with van der Waals surface area (Å²) in [5, 5.41) is 6.90. The van der Waals surface area contributed by atoms with Crippen molar-refractivity contribution in [2.45, 2.75) is 25.7 Å². The van der Waals surface area contributed by atoms with E-state index in [0.717, 1.165) is 41.2 Å². The Labute approximate surface area is 256 Å². The molecule has 3 aromatic heterocycles. The third-order valence-corrected chi connectivity index (χ3v) is 11.5. The molecule has 1 unspecified atom stereocenters. The van der Waals surface area contributed by atoms with Crippen molar-refractivity contribution >= 4 is 39.8 Å². The van der Waals surface area contributed by atoms with Gasteiger partial charge < -0.3 is 4.57 Å². The minimum absolute atomic E-state index is 0.735. The van der Waals surface area contributed by atoms with Crippen molar-refractivity contribution in [1.82, 2.24) is 19.5 Å². The van der Waals surface area contributed by atoms with Crippen LogP contribution in [0.15, 0.2) is 127 Å². The Balaban J connectivity index is 1.45. The van der Waals surface area contributed by atoms with E-state index in [2.05, 4.69) is 120 Å². The van der Waals surface area contributed by atoms with Crippen LogP contribution in [0.3, 0.4) is 0 Å². The number of para-hydroxylation sites is 2. The molecule has 210 valence electrons. The lowest BCUT2D eigenvalue weighted by Crippen LogP contribution is -2.00. The molecule has 0 spiro atoms. The highest BCUT2D eigenvalue weighted by Crippen LogP contribution is 2.57. The maximum absolute atomic E-state index is 5.33. The van der Waals surface area contributed by atoms with Crippen molar-refractivity contribution in [3.05, 3.63) is 138 Å². The number of hydrogen-bond donors (Lipinski definition) is 0. The van der Waals surface area contributed by atoms with Crippen LogP contribution in [0.2, 0.25) is 0 Å². The molecule has 0 saturated heterocycles. The first-order chi connectivity index (χ1) is 21.8. The number of aryl methyl sites for hydroxylation is 1. The lowest BCUT2D eigenvalue weighted by atomic mass is 9.96. The van der Waals surface area contributed by atoms with E-state index in [1.54, 1.807) is 5.30 Å². The Morgan fingerprint density at radius 3 is 1.82 bits per heavy atom. The van der Waals surface area contributed by atoms with Crippen LogP contribution < -0.4 is 0 Å². The fraction of sp³-hybridized carbons (Fsp3) is 0.103. The van der Waals surface area contributed by atoms with Crippen molar-refractivity contribution in [2.75, 3.05) is 0 Å². The molecule has 0 bridgehead atoms. The topological polar surface area (TPSA) is 43.6 Å². The summed E-state index contributed by atoms with van der Waals surface area (Å²) in [4.78, 5) is 15.7. The van der Waals surface area contributed by atoms with Gasteiger partial charge in [0, 0.05) is 32.7 Å². The predicted octanol–water partition coefficient (Wildman–Crippen LogP) is 10.3. The smallest absolute Gasteiger partial charge is 0.180 e. The molecule has 0 radical (unpaired) electrons. The summed E-state index contributed by atoms with van der Waals surface area (Å²) in [5.41, 5.74) is 8.14. The molecular formula is C39H29N4P. The monoisotopic (exact) mass is 584 g/mol. The molecule has 1 aliphatic carbocycles. The van der Waals surface area contributed by atoms with Gasteiger partial charge in [-0.3, -0.25) is 0 Å². The van der Waals surface area contributed by atoms with Crippen molar-refractivity contribution in [2.24, 2.45) is 0 Å². The first-order valence-electron chi connectivity index (χ1n) is 15.4. The van der Waals surface area contributed by atoms with E-state index in [-0.39, 0.29) is 0 Å². The second kappa shape index (κ2) is 10.3. The normalized spacial score (nSPS) is 13.5. The summed E-state index contributed by atoms with van der Waals surface area (Å²) >= 11 is 0. The standard InChI is InChI=1S/C39H29N4P/c1-4-14-26(15-5-1)37-40-38(27-16-6-2-7-17-27)42-39(41-37)44-34-23-13-11-21-30(34)32-25-24-31-29-20-10-12-22-33(29)43(35(31)36(32)44)28-18-8-3-9-19-28/h1-10,12,14-20,22,24-25H,11,13,21,23H2. The molecule has 0 fully saturated rings. The third kappa shape index (κ3) is 3.95. The zero-order valence-electron chi connectivity index (χ0n) is 24.2. The molecule has 9 rings (SSSR count). The van der Waals surface area contributed by atoms with Crippen LogP contribution in [0.1, 0.15) is 23.7 Å². The van der Waals surface area contributed by atoms with E-state index >= 15 is 0 Å². The molecule has 1 atom stereocenters. The highest BCUT2D eigenvalue weighted by Gasteiger charge is 2.28. The second-order valence-corrected chi connectivity index (χ2v) is 13.6. The van der Waals surface area contributed by atoms with Crippen molar-refractivity contribution in [1.29, 1.82) is 0 Å². The maximum Gasteiger partial charge on any atom is 0.180 e. The summed E-state index contributed by atoms with van der Waals surface area (Å²) in [7, 11) is -0.973. The van der Waals surface area contributed by atoms with Crippen molar-refractivity contribution in [3.63, 3.8) is 0 Å². The lowest BCUT2D eigenvalue weighted by Gasteiger charge is -2.15. The number of fused-ring (bicyclic) bond motifs is 7. The quantitative estimate of drug-likeness (QED) is 0.207. The fourth-order valence-corrected chi connectivity index (χ4v) is 9.90. The highest BCUT2D eigenvalue weighted by molar-refractivity contribution is 7.63. The Hall–Kier alpha value is -5.05. The molecule has 3 heterocycles. The zero-order chi connectivity index (χ0) is 29.0. The Morgan fingerprint density at radius 2 is 1.11 bits per heavy atom. The van der Waals surface area contributed by atoms with Crippen LogP contribution in [-0.4, -0.2) is 19.5 Å². The van der Waals surface area contributed by atoms with Gasteiger partial charge in [0.05, 0.1) is 11.0 Å². The molecule has 5 aromatic carbocycles. The van der Waals surface area contributed by atoms with Gasteiger partial charge in [-0.2, -0.15) is 0 Å². The van der Waals surface area contributed by atoms with Crippen LogP contribution in [0, 0.1) is 0 Å². The average molecular weight is 585 g/mol. The molecule has 5 heteroatoms. The first-order valence-corrected chi connectivity index (χ1v) is 16.7. The summed E-state index contributed by atoms with van der Waals surface area (Å²) < 4.78 is 2.48. The number of nitrogens with zero attached hydrogens (tertiary/aromatic N) is 4. The number of rotatable bonds is 4. The van der Waals surface area contributed by atoms with Gasteiger partial charge in [0.15, 0.2) is 17.2 Å². The first kappa shape index (κ1) is 25.4. The average Bonchev–Trinajstić information content (AvgIpc) is 3.62. The summed E-state index contributed by atoms with van der Waals surface area (Å²) in [6.45, 7) is 0. The Bertz CT molecular complexity index is 2260. The SMILES string of the molecule is c1ccc(-c2nc(-c3ccccc3)nc(-p3c4c(c5ccc6c7ccccc7n(-c7ccccc7)c6c53)CCCC4)n2)cc1. The molecule has 0 saturated carbocycles. The minimum Gasteiger partial charge on any atom is -0.308 e.